The Bertz CT molecular complexity index is 1160. The molecular weight excluding hydrogens is 368 g/mol. The normalized spacial score (nSPS) is 12.5. The standard InChI is InChI=1S/C19H17ClN4O3/c1-11(18-22-13-4-2-3-5-14(13)23-18)21-17(25)8-9-24-15-7-6-12(20)10-16(15)27-19(24)26/h2-7,10-11H,8-9H2,1H3,(H,21,25)(H,22,23). The summed E-state index contributed by atoms with van der Waals surface area (Å²) in [7, 11) is 0. The number of aryl methyl sites for hydroxylation is 1. The van der Waals surface area contributed by atoms with Crippen LogP contribution < -0.4 is 11.1 Å². The van der Waals surface area contributed by atoms with Crippen molar-refractivity contribution in [1.82, 2.24) is 19.9 Å². The maximum absolute atomic E-state index is 12.3. The quantitative estimate of drug-likeness (QED) is 0.551. The Morgan fingerprint density at radius 2 is 2.15 bits per heavy atom. The maximum Gasteiger partial charge on any atom is 0.419 e. The summed E-state index contributed by atoms with van der Waals surface area (Å²) in [5.41, 5.74) is 2.79. The van der Waals surface area contributed by atoms with Gasteiger partial charge in [0.05, 0.1) is 22.6 Å². The van der Waals surface area contributed by atoms with Crippen molar-refractivity contribution in [2.75, 3.05) is 0 Å². The zero-order valence-electron chi connectivity index (χ0n) is 14.5. The van der Waals surface area contributed by atoms with Crippen LogP contribution in [0.25, 0.3) is 22.1 Å². The SMILES string of the molecule is CC(NC(=O)CCn1c(=O)oc2cc(Cl)ccc21)c1nc2ccccc2[nH]1. The van der Waals surface area contributed by atoms with Crippen LogP contribution in [0.1, 0.15) is 25.2 Å². The summed E-state index contributed by atoms with van der Waals surface area (Å²) in [6.07, 6.45) is 0.141. The number of para-hydroxylation sites is 2. The fourth-order valence-electron chi connectivity index (χ4n) is 3.02. The number of nitrogens with one attached hydrogen (secondary N) is 2. The number of carbonyl (C=O) groups is 1. The van der Waals surface area contributed by atoms with E-state index in [-0.39, 0.29) is 24.9 Å². The number of aromatic amines is 1. The van der Waals surface area contributed by atoms with Gasteiger partial charge in [-0.15, -0.1) is 0 Å². The summed E-state index contributed by atoms with van der Waals surface area (Å²) in [5.74, 6) is -0.00584. The highest BCUT2D eigenvalue weighted by atomic mass is 35.5. The molecule has 0 aliphatic heterocycles. The number of imidazole rings is 1. The summed E-state index contributed by atoms with van der Waals surface area (Å²) in [4.78, 5) is 32.0. The van der Waals surface area contributed by atoms with Gasteiger partial charge < -0.3 is 14.7 Å². The lowest BCUT2D eigenvalue weighted by Gasteiger charge is -2.11. The van der Waals surface area contributed by atoms with E-state index in [1.54, 1.807) is 18.2 Å². The van der Waals surface area contributed by atoms with E-state index in [2.05, 4.69) is 15.3 Å². The van der Waals surface area contributed by atoms with Crippen molar-refractivity contribution in [1.29, 1.82) is 0 Å². The van der Waals surface area contributed by atoms with Crippen LogP contribution in [0, 0.1) is 0 Å². The van der Waals surface area contributed by atoms with Crippen LogP contribution in [0.2, 0.25) is 5.02 Å². The first-order chi connectivity index (χ1) is 13.0. The Morgan fingerprint density at radius 3 is 2.96 bits per heavy atom. The van der Waals surface area contributed by atoms with Crippen LogP contribution >= 0.6 is 11.6 Å². The van der Waals surface area contributed by atoms with E-state index in [9.17, 15) is 9.59 Å². The Morgan fingerprint density at radius 1 is 1.33 bits per heavy atom. The van der Waals surface area contributed by atoms with Crippen LogP contribution in [0.3, 0.4) is 0 Å². The number of aromatic nitrogens is 3. The van der Waals surface area contributed by atoms with Gasteiger partial charge in [-0.3, -0.25) is 9.36 Å². The van der Waals surface area contributed by atoms with Gasteiger partial charge >= 0.3 is 5.76 Å². The summed E-state index contributed by atoms with van der Waals surface area (Å²) in [6.45, 7) is 2.07. The molecule has 4 aromatic rings. The molecule has 8 heteroatoms. The number of hydrogen-bond donors (Lipinski definition) is 2. The summed E-state index contributed by atoms with van der Waals surface area (Å²) < 4.78 is 6.60. The molecule has 4 rings (SSSR count). The molecule has 0 saturated heterocycles. The number of halogens is 1. The first kappa shape index (κ1) is 17.4. The zero-order valence-corrected chi connectivity index (χ0v) is 15.3. The van der Waals surface area contributed by atoms with Gasteiger partial charge in [-0.1, -0.05) is 23.7 Å². The smallest absolute Gasteiger partial charge is 0.408 e. The van der Waals surface area contributed by atoms with Crippen molar-refractivity contribution >= 4 is 39.6 Å². The highest BCUT2D eigenvalue weighted by Gasteiger charge is 2.15. The van der Waals surface area contributed by atoms with E-state index in [1.165, 1.54) is 4.57 Å². The minimum atomic E-state index is -0.509. The Balaban J connectivity index is 1.44. The van der Waals surface area contributed by atoms with Gasteiger partial charge in [-0.2, -0.15) is 0 Å². The molecule has 1 atom stereocenters. The van der Waals surface area contributed by atoms with Crippen molar-refractivity contribution in [3.63, 3.8) is 0 Å². The Labute approximate surface area is 159 Å². The van der Waals surface area contributed by atoms with Crippen LogP contribution in [-0.4, -0.2) is 20.4 Å². The fraction of sp³-hybridized carbons (Fsp3) is 0.211. The monoisotopic (exact) mass is 384 g/mol. The molecule has 0 aliphatic rings. The van der Waals surface area contributed by atoms with Crippen LogP contribution in [0.5, 0.6) is 0 Å². The second-order valence-corrected chi connectivity index (χ2v) is 6.75. The van der Waals surface area contributed by atoms with E-state index in [0.29, 0.717) is 21.9 Å². The lowest BCUT2D eigenvalue weighted by Crippen LogP contribution is -2.29. The summed E-state index contributed by atoms with van der Waals surface area (Å²) >= 11 is 5.91. The van der Waals surface area contributed by atoms with Gasteiger partial charge in [-0.05, 0) is 31.2 Å². The lowest BCUT2D eigenvalue weighted by molar-refractivity contribution is -0.122. The molecule has 138 valence electrons. The number of hydrogen-bond acceptors (Lipinski definition) is 4. The van der Waals surface area contributed by atoms with Gasteiger partial charge in [0.15, 0.2) is 5.58 Å². The summed E-state index contributed by atoms with van der Waals surface area (Å²) in [6, 6.07) is 12.4. The van der Waals surface area contributed by atoms with Crippen LogP contribution in [0.4, 0.5) is 0 Å². The number of H-pyrrole nitrogens is 1. The predicted molar refractivity (Wildman–Crippen MR) is 103 cm³/mol. The molecule has 2 aromatic carbocycles. The van der Waals surface area contributed by atoms with Crippen molar-refractivity contribution in [2.24, 2.45) is 0 Å². The number of fused-ring (bicyclic) bond motifs is 2. The number of carbonyl (C=O) groups excluding carboxylic acids is 1. The molecule has 0 bridgehead atoms. The van der Waals surface area contributed by atoms with Crippen molar-refractivity contribution < 1.29 is 9.21 Å². The topological polar surface area (TPSA) is 92.9 Å². The molecule has 0 aliphatic carbocycles. The molecule has 0 saturated carbocycles. The maximum atomic E-state index is 12.3. The fourth-order valence-corrected chi connectivity index (χ4v) is 3.19. The summed E-state index contributed by atoms with van der Waals surface area (Å²) in [5, 5.41) is 3.38. The van der Waals surface area contributed by atoms with Crippen molar-refractivity contribution in [3.8, 4) is 0 Å². The van der Waals surface area contributed by atoms with E-state index in [1.807, 2.05) is 31.2 Å². The molecule has 1 amide bonds. The van der Waals surface area contributed by atoms with Gasteiger partial charge in [0.25, 0.3) is 0 Å². The molecule has 0 spiro atoms. The molecule has 1 unspecified atom stereocenters. The first-order valence-corrected chi connectivity index (χ1v) is 8.92. The molecule has 0 fully saturated rings. The van der Waals surface area contributed by atoms with Gasteiger partial charge in [0.2, 0.25) is 5.91 Å². The van der Waals surface area contributed by atoms with Crippen molar-refractivity contribution in [3.05, 3.63) is 63.9 Å². The number of amides is 1. The first-order valence-electron chi connectivity index (χ1n) is 8.54. The zero-order chi connectivity index (χ0) is 19.0. The molecule has 7 nitrogen and oxygen atoms in total. The highest BCUT2D eigenvalue weighted by molar-refractivity contribution is 6.31. The Hall–Kier alpha value is -3.06. The van der Waals surface area contributed by atoms with Gasteiger partial charge in [0, 0.05) is 24.1 Å². The average Bonchev–Trinajstić information content (AvgIpc) is 3.20. The number of benzene rings is 2. The lowest BCUT2D eigenvalue weighted by atomic mass is 10.3. The van der Waals surface area contributed by atoms with E-state index >= 15 is 0 Å². The molecule has 27 heavy (non-hydrogen) atoms. The van der Waals surface area contributed by atoms with Crippen LogP contribution in [-0.2, 0) is 11.3 Å². The van der Waals surface area contributed by atoms with Gasteiger partial charge in [0.1, 0.15) is 5.82 Å². The third kappa shape index (κ3) is 3.46. The van der Waals surface area contributed by atoms with Crippen molar-refractivity contribution in [2.45, 2.75) is 25.9 Å². The highest BCUT2D eigenvalue weighted by Crippen LogP contribution is 2.19. The molecule has 2 N–H and O–H groups in total. The minimum absolute atomic E-state index is 0.141. The molecule has 2 aromatic heterocycles. The number of nitrogens with zero attached hydrogens (tertiary/aromatic N) is 2. The largest absolute Gasteiger partial charge is 0.419 e. The number of oxazole rings is 1. The molecule has 0 radical (unpaired) electrons. The second kappa shape index (κ2) is 6.92. The van der Waals surface area contributed by atoms with E-state index < -0.39 is 5.76 Å². The third-order valence-electron chi connectivity index (χ3n) is 4.39. The Kier molecular flexibility index (Phi) is 4.45. The predicted octanol–water partition coefficient (Wildman–Crippen LogP) is 3.39. The second-order valence-electron chi connectivity index (χ2n) is 6.31. The molecule has 2 heterocycles. The van der Waals surface area contributed by atoms with Crippen LogP contribution in [0.15, 0.2) is 51.7 Å². The van der Waals surface area contributed by atoms with Gasteiger partial charge in [-0.25, -0.2) is 9.78 Å². The third-order valence-corrected chi connectivity index (χ3v) is 4.62. The van der Waals surface area contributed by atoms with E-state index in [0.717, 1.165) is 11.0 Å². The number of rotatable bonds is 5. The molecular formula is C19H17ClN4O3. The minimum Gasteiger partial charge on any atom is -0.408 e. The van der Waals surface area contributed by atoms with E-state index in [4.69, 9.17) is 16.0 Å². The average molecular weight is 385 g/mol.